The maximum Gasteiger partial charge on any atom is 0.169 e. The van der Waals surface area contributed by atoms with Crippen molar-refractivity contribution in [1.82, 2.24) is 0 Å². The average molecular weight is 207 g/mol. The summed E-state index contributed by atoms with van der Waals surface area (Å²) in [7, 11) is 0. The zero-order chi connectivity index (χ0) is 10.7. The van der Waals surface area contributed by atoms with Crippen LogP contribution in [0.4, 0.5) is 0 Å². The van der Waals surface area contributed by atoms with Gasteiger partial charge >= 0.3 is 0 Å². The fraction of sp³-hybridized carbons (Fsp3) is 0.750. The molecule has 0 aromatic rings. The molecule has 2 aliphatic rings. The summed E-state index contributed by atoms with van der Waals surface area (Å²) < 4.78 is 11.3. The molecule has 1 aliphatic carbocycles. The second-order valence-corrected chi connectivity index (χ2v) is 4.16. The molecule has 3 nitrogen and oxygen atoms in total. The molecular weight excluding hydrogens is 190 g/mol. The molecule has 1 saturated heterocycles. The number of nitrogens with zero attached hydrogens (tertiary/aromatic N) is 1. The van der Waals surface area contributed by atoms with Gasteiger partial charge in [-0.2, -0.15) is 5.26 Å². The van der Waals surface area contributed by atoms with Crippen molar-refractivity contribution in [2.24, 2.45) is 0 Å². The normalized spacial score (nSPS) is 24.1. The van der Waals surface area contributed by atoms with Crippen molar-refractivity contribution in [2.45, 2.75) is 44.8 Å². The molecule has 1 aliphatic heterocycles. The van der Waals surface area contributed by atoms with Crippen molar-refractivity contribution in [3.63, 3.8) is 0 Å². The number of hydrogen-bond acceptors (Lipinski definition) is 3. The summed E-state index contributed by atoms with van der Waals surface area (Å²) in [6, 6.07) is 2.30. The van der Waals surface area contributed by atoms with Crippen LogP contribution in [0.5, 0.6) is 0 Å². The van der Waals surface area contributed by atoms with Crippen LogP contribution in [0.2, 0.25) is 0 Å². The highest BCUT2D eigenvalue weighted by molar-refractivity contribution is 5.28. The summed E-state index contributed by atoms with van der Waals surface area (Å²) in [5.74, 6) is -0.308. The second kappa shape index (κ2) is 4.34. The van der Waals surface area contributed by atoms with Gasteiger partial charge in [0.1, 0.15) is 0 Å². The van der Waals surface area contributed by atoms with Gasteiger partial charge in [-0.1, -0.05) is 12.5 Å². The summed E-state index contributed by atoms with van der Waals surface area (Å²) in [5.41, 5.74) is 2.27. The van der Waals surface area contributed by atoms with Gasteiger partial charge in [0.05, 0.1) is 19.3 Å². The van der Waals surface area contributed by atoms with Crippen LogP contribution in [0.25, 0.3) is 0 Å². The van der Waals surface area contributed by atoms with E-state index in [9.17, 15) is 0 Å². The smallest absolute Gasteiger partial charge is 0.169 e. The summed E-state index contributed by atoms with van der Waals surface area (Å²) in [6.07, 6.45) is 4.58. The number of rotatable bonds is 1. The summed E-state index contributed by atoms with van der Waals surface area (Å²) in [4.78, 5) is 0. The molecule has 1 spiro atoms. The van der Waals surface area contributed by atoms with E-state index in [1.807, 2.05) is 6.92 Å². The Bertz CT molecular complexity index is 296. The molecule has 0 aromatic heterocycles. The molecule has 1 saturated carbocycles. The van der Waals surface area contributed by atoms with E-state index in [0.29, 0.717) is 0 Å². The molecule has 0 radical (unpaired) electrons. The Labute approximate surface area is 90.7 Å². The molecule has 3 heteroatoms. The quantitative estimate of drug-likeness (QED) is 0.620. The molecule has 1 heterocycles. The van der Waals surface area contributed by atoms with Crippen LogP contribution in [0.1, 0.15) is 39.0 Å². The maximum atomic E-state index is 8.96. The molecule has 15 heavy (non-hydrogen) atoms. The summed E-state index contributed by atoms with van der Waals surface area (Å²) >= 11 is 0. The third kappa shape index (κ3) is 2.06. The second-order valence-electron chi connectivity index (χ2n) is 4.16. The highest BCUT2D eigenvalue weighted by Crippen LogP contribution is 2.39. The lowest BCUT2D eigenvalue weighted by molar-refractivity contribution is -0.171. The van der Waals surface area contributed by atoms with Gasteiger partial charge in [-0.15, -0.1) is 0 Å². The first-order valence-electron chi connectivity index (χ1n) is 5.68. The zero-order valence-electron chi connectivity index (χ0n) is 9.21. The van der Waals surface area contributed by atoms with E-state index in [2.05, 4.69) is 6.07 Å². The Morgan fingerprint density at radius 3 is 2.40 bits per heavy atom. The van der Waals surface area contributed by atoms with Crippen LogP contribution in [0.3, 0.4) is 0 Å². The van der Waals surface area contributed by atoms with Crippen LogP contribution >= 0.6 is 0 Å². The minimum Gasteiger partial charge on any atom is -0.348 e. The monoisotopic (exact) mass is 207 g/mol. The fourth-order valence-corrected chi connectivity index (χ4v) is 2.43. The minimum absolute atomic E-state index is 0.308. The number of nitriles is 1. The first-order valence-corrected chi connectivity index (χ1v) is 5.68. The molecule has 0 atom stereocenters. The Kier molecular flexibility index (Phi) is 3.08. The van der Waals surface area contributed by atoms with Crippen molar-refractivity contribution in [3.8, 4) is 6.07 Å². The van der Waals surface area contributed by atoms with E-state index < -0.39 is 0 Å². The van der Waals surface area contributed by atoms with Gasteiger partial charge in [-0.3, -0.25) is 0 Å². The zero-order valence-corrected chi connectivity index (χ0v) is 9.21. The third-order valence-corrected chi connectivity index (χ3v) is 3.34. The lowest BCUT2D eigenvalue weighted by atomic mass is 9.86. The van der Waals surface area contributed by atoms with Gasteiger partial charge in [-0.25, -0.2) is 0 Å². The Balaban J connectivity index is 2.03. The number of allylic oxidation sites excluding steroid dienone is 2. The first-order chi connectivity index (χ1) is 7.29. The van der Waals surface area contributed by atoms with Crippen LogP contribution in [-0.4, -0.2) is 19.0 Å². The van der Waals surface area contributed by atoms with Crippen LogP contribution in [0.15, 0.2) is 11.1 Å². The van der Waals surface area contributed by atoms with Gasteiger partial charge < -0.3 is 9.47 Å². The predicted molar refractivity (Wildman–Crippen MR) is 56.0 cm³/mol. The summed E-state index contributed by atoms with van der Waals surface area (Å²) in [6.45, 7) is 3.48. The highest BCUT2D eigenvalue weighted by Gasteiger charge is 2.39. The SMILES string of the molecule is CCC(C#N)=C1CCC2(CC1)OCCO2. The molecule has 2 rings (SSSR count). The van der Waals surface area contributed by atoms with Crippen LogP contribution < -0.4 is 0 Å². The first kappa shape index (κ1) is 10.7. The third-order valence-electron chi connectivity index (χ3n) is 3.34. The van der Waals surface area contributed by atoms with Gasteiger partial charge in [-0.05, 0) is 19.3 Å². The van der Waals surface area contributed by atoms with Crippen molar-refractivity contribution >= 4 is 0 Å². The molecule has 0 bridgehead atoms. The summed E-state index contributed by atoms with van der Waals surface area (Å²) in [5, 5.41) is 8.96. The largest absolute Gasteiger partial charge is 0.348 e. The maximum absolute atomic E-state index is 8.96. The highest BCUT2D eigenvalue weighted by atomic mass is 16.7. The molecule has 0 N–H and O–H groups in total. The standard InChI is InChI=1S/C12H17NO2/c1-2-10(9-13)11-3-5-12(6-4-11)14-7-8-15-12/h2-8H2,1H3. The van der Waals surface area contributed by atoms with E-state index in [1.54, 1.807) is 0 Å². The number of hydrogen-bond donors (Lipinski definition) is 0. The van der Waals surface area contributed by atoms with Crippen molar-refractivity contribution in [1.29, 1.82) is 5.26 Å². The van der Waals surface area contributed by atoms with E-state index in [1.165, 1.54) is 5.57 Å². The average Bonchev–Trinajstić information content (AvgIpc) is 2.72. The van der Waals surface area contributed by atoms with Gasteiger partial charge in [0.2, 0.25) is 0 Å². The van der Waals surface area contributed by atoms with E-state index in [-0.39, 0.29) is 5.79 Å². The molecule has 0 amide bonds. The molecule has 0 unspecified atom stereocenters. The Hall–Kier alpha value is -0.850. The van der Waals surface area contributed by atoms with Crippen LogP contribution in [0, 0.1) is 11.3 Å². The van der Waals surface area contributed by atoms with Gasteiger partial charge in [0, 0.05) is 18.4 Å². The Morgan fingerprint density at radius 1 is 1.33 bits per heavy atom. The van der Waals surface area contributed by atoms with Gasteiger partial charge in [0.15, 0.2) is 5.79 Å². The molecule has 2 fully saturated rings. The number of ether oxygens (including phenoxy) is 2. The Morgan fingerprint density at radius 2 is 1.93 bits per heavy atom. The predicted octanol–water partition coefficient (Wildman–Crippen LogP) is 2.53. The molecule has 82 valence electrons. The molecular formula is C12H17NO2. The minimum atomic E-state index is -0.308. The van der Waals surface area contributed by atoms with Crippen molar-refractivity contribution in [3.05, 3.63) is 11.1 Å². The van der Waals surface area contributed by atoms with Crippen molar-refractivity contribution < 1.29 is 9.47 Å². The van der Waals surface area contributed by atoms with Gasteiger partial charge in [0.25, 0.3) is 0 Å². The lowest BCUT2D eigenvalue weighted by Crippen LogP contribution is -2.33. The lowest BCUT2D eigenvalue weighted by Gasteiger charge is -2.32. The fourth-order valence-electron chi connectivity index (χ4n) is 2.43. The van der Waals surface area contributed by atoms with Crippen molar-refractivity contribution in [2.75, 3.05) is 13.2 Å². The van der Waals surface area contributed by atoms with E-state index in [0.717, 1.165) is 50.9 Å². The van der Waals surface area contributed by atoms with Crippen LogP contribution in [-0.2, 0) is 9.47 Å². The van der Waals surface area contributed by atoms with E-state index >= 15 is 0 Å². The topological polar surface area (TPSA) is 42.2 Å². The van der Waals surface area contributed by atoms with E-state index in [4.69, 9.17) is 14.7 Å². The molecule has 0 aromatic carbocycles.